The van der Waals surface area contributed by atoms with Crippen molar-refractivity contribution in [2.45, 2.75) is 19.8 Å². The fourth-order valence-corrected chi connectivity index (χ4v) is 1.23. The Bertz CT molecular complexity index is 395. The van der Waals surface area contributed by atoms with Crippen molar-refractivity contribution in [3.63, 3.8) is 0 Å². The molecule has 0 fully saturated rings. The summed E-state index contributed by atoms with van der Waals surface area (Å²) in [7, 11) is 0. The van der Waals surface area contributed by atoms with Gasteiger partial charge in [-0.2, -0.15) is 4.99 Å². The normalized spacial score (nSPS) is 10.1. The van der Waals surface area contributed by atoms with E-state index in [1.165, 1.54) is 6.07 Å². The van der Waals surface area contributed by atoms with Gasteiger partial charge >= 0.3 is 0 Å². The Balaban J connectivity index is 3.34. The second kappa shape index (κ2) is 4.40. The summed E-state index contributed by atoms with van der Waals surface area (Å²) in [6, 6.07) is 2.18. The van der Waals surface area contributed by atoms with Crippen LogP contribution in [0.2, 0.25) is 0 Å². The number of thiocarbonyl (C=S) groups is 1. The second-order valence-corrected chi connectivity index (χ2v) is 3.37. The molecule has 0 aromatic heterocycles. The van der Waals surface area contributed by atoms with Crippen LogP contribution in [0.25, 0.3) is 0 Å². The number of nitrogens with zero attached hydrogens (tertiary/aromatic N) is 1. The molecule has 1 aromatic carbocycles. The fourth-order valence-electron chi connectivity index (χ4n) is 1.13. The molecule has 1 aromatic rings. The van der Waals surface area contributed by atoms with E-state index in [1.807, 2.05) is 13.8 Å². The average Bonchev–Trinajstić information content (AvgIpc) is 2.09. The molecule has 1 nitrogen and oxygen atoms in total. The zero-order valence-corrected chi connectivity index (χ0v) is 8.66. The summed E-state index contributed by atoms with van der Waals surface area (Å²) in [4.78, 5) is 3.51. The lowest BCUT2D eigenvalue weighted by molar-refractivity contribution is 0.566. The molecule has 0 unspecified atom stereocenters. The van der Waals surface area contributed by atoms with Crippen LogP contribution in [-0.4, -0.2) is 5.16 Å². The minimum atomic E-state index is -0.718. The molecule has 0 atom stereocenters. The number of benzene rings is 1. The summed E-state index contributed by atoms with van der Waals surface area (Å²) in [6.45, 7) is 3.64. The first-order valence-corrected chi connectivity index (χ1v) is 4.54. The second-order valence-electron chi connectivity index (χ2n) is 3.18. The van der Waals surface area contributed by atoms with E-state index >= 15 is 0 Å². The maximum Gasteiger partial charge on any atom is 0.152 e. The van der Waals surface area contributed by atoms with Gasteiger partial charge in [0.15, 0.2) is 5.82 Å². The van der Waals surface area contributed by atoms with E-state index in [0.717, 1.165) is 6.07 Å². The molecule has 0 bridgehead atoms. The summed E-state index contributed by atoms with van der Waals surface area (Å²) < 4.78 is 26.3. The van der Waals surface area contributed by atoms with Gasteiger partial charge in [-0.25, -0.2) is 8.78 Å². The molecule has 4 heteroatoms. The largest absolute Gasteiger partial charge is 0.207 e. The van der Waals surface area contributed by atoms with Crippen molar-refractivity contribution in [3.8, 4) is 0 Å². The van der Waals surface area contributed by atoms with Gasteiger partial charge in [0.2, 0.25) is 0 Å². The number of halogens is 2. The van der Waals surface area contributed by atoms with E-state index in [4.69, 9.17) is 0 Å². The van der Waals surface area contributed by atoms with Gasteiger partial charge in [0, 0.05) is 6.07 Å². The van der Waals surface area contributed by atoms with Crippen molar-refractivity contribution in [3.05, 3.63) is 29.3 Å². The van der Waals surface area contributed by atoms with Gasteiger partial charge in [0.1, 0.15) is 11.5 Å². The molecule has 1 rings (SSSR count). The average molecular weight is 213 g/mol. The standard InChI is InChI=1S/C10H9F2NS/c1-6(2)7-3-10(13-5-14)9(12)4-8(7)11/h3-4,6H,1-2H3. The number of rotatable bonds is 2. The molecule has 0 aliphatic carbocycles. The molecule has 74 valence electrons. The van der Waals surface area contributed by atoms with Gasteiger partial charge in [-0.15, -0.1) is 0 Å². The van der Waals surface area contributed by atoms with Gasteiger partial charge in [-0.05, 0) is 29.8 Å². The summed E-state index contributed by atoms with van der Waals surface area (Å²) >= 11 is 4.36. The van der Waals surface area contributed by atoms with Crippen molar-refractivity contribution in [2.24, 2.45) is 4.99 Å². The Kier molecular flexibility index (Phi) is 3.44. The van der Waals surface area contributed by atoms with Crippen LogP contribution in [-0.2, 0) is 0 Å². The predicted octanol–water partition coefficient (Wildman–Crippen LogP) is 3.82. The van der Waals surface area contributed by atoms with Crippen LogP contribution in [0.4, 0.5) is 14.5 Å². The molecule has 0 radical (unpaired) electrons. The minimum Gasteiger partial charge on any atom is -0.207 e. The molecule has 0 saturated heterocycles. The fraction of sp³-hybridized carbons (Fsp3) is 0.300. The van der Waals surface area contributed by atoms with Gasteiger partial charge in [-0.3, -0.25) is 0 Å². The van der Waals surface area contributed by atoms with Crippen LogP contribution >= 0.6 is 12.2 Å². The molecule has 0 saturated carbocycles. The first-order chi connectivity index (χ1) is 6.56. The van der Waals surface area contributed by atoms with Crippen LogP contribution in [0.5, 0.6) is 0 Å². The summed E-state index contributed by atoms with van der Waals surface area (Å²) in [6.07, 6.45) is 0. The molecular weight excluding hydrogens is 204 g/mol. The van der Waals surface area contributed by atoms with Crippen molar-refractivity contribution in [2.75, 3.05) is 0 Å². The van der Waals surface area contributed by atoms with Crippen molar-refractivity contribution >= 4 is 23.1 Å². The number of aliphatic imine (C=N–C) groups is 1. The third-order valence-corrected chi connectivity index (χ3v) is 1.95. The topological polar surface area (TPSA) is 12.4 Å². The first kappa shape index (κ1) is 11.0. The van der Waals surface area contributed by atoms with Crippen molar-refractivity contribution in [1.82, 2.24) is 0 Å². The van der Waals surface area contributed by atoms with E-state index in [1.54, 1.807) is 0 Å². The quantitative estimate of drug-likeness (QED) is 0.537. The van der Waals surface area contributed by atoms with Crippen LogP contribution in [0.1, 0.15) is 25.3 Å². The van der Waals surface area contributed by atoms with Crippen LogP contribution < -0.4 is 0 Å². The van der Waals surface area contributed by atoms with E-state index in [0.29, 0.717) is 5.56 Å². The van der Waals surface area contributed by atoms with Crippen molar-refractivity contribution in [1.29, 1.82) is 0 Å². The number of hydrogen-bond acceptors (Lipinski definition) is 2. The molecule has 0 aliphatic heterocycles. The van der Waals surface area contributed by atoms with Crippen LogP contribution in [0.3, 0.4) is 0 Å². The Labute approximate surface area is 86.5 Å². The monoisotopic (exact) mass is 213 g/mol. The highest BCUT2D eigenvalue weighted by Crippen LogP contribution is 2.26. The zero-order valence-electron chi connectivity index (χ0n) is 7.84. The van der Waals surface area contributed by atoms with E-state index in [9.17, 15) is 8.78 Å². The number of hydrogen-bond donors (Lipinski definition) is 0. The molecule has 14 heavy (non-hydrogen) atoms. The summed E-state index contributed by atoms with van der Waals surface area (Å²) in [5, 5.41) is 2.06. The molecule has 0 N–H and O–H groups in total. The summed E-state index contributed by atoms with van der Waals surface area (Å²) in [5.74, 6) is -1.29. The van der Waals surface area contributed by atoms with E-state index in [2.05, 4.69) is 22.4 Å². The maximum atomic E-state index is 13.2. The lowest BCUT2D eigenvalue weighted by Gasteiger charge is -2.07. The van der Waals surface area contributed by atoms with Crippen LogP contribution in [0.15, 0.2) is 17.1 Å². The summed E-state index contributed by atoms with van der Waals surface area (Å²) in [5.41, 5.74) is 0.459. The minimum absolute atomic E-state index is 0.0188. The Hall–Kier alpha value is -1.12. The molecular formula is C10H9F2NS. The zero-order chi connectivity index (χ0) is 10.7. The lowest BCUT2D eigenvalue weighted by atomic mass is 10.0. The maximum absolute atomic E-state index is 13.2. The Morgan fingerprint density at radius 3 is 2.43 bits per heavy atom. The molecule has 0 spiro atoms. The highest BCUT2D eigenvalue weighted by molar-refractivity contribution is 7.78. The van der Waals surface area contributed by atoms with E-state index in [-0.39, 0.29) is 11.6 Å². The third kappa shape index (κ3) is 2.22. The number of isothiocyanates is 1. The highest BCUT2D eigenvalue weighted by Gasteiger charge is 2.11. The molecule has 0 aliphatic rings. The molecule has 0 heterocycles. The van der Waals surface area contributed by atoms with E-state index < -0.39 is 11.6 Å². The highest BCUT2D eigenvalue weighted by atomic mass is 32.1. The predicted molar refractivity (Wildman–Crippen MR) is 55.1 cm³/mol. The van der Waals surface area contributed by atoms with Crippen molar-refractivity contribution < 1.29 is 8.78 Å². The lowest BCUT2D eigenvalue weighted by Crippen LogP contribution is -1.94. The van der Waals surface area contributed by atoms with Gasteiger partial charge in [-0.1, -0.05) is 13.8 Å². The van der Waals surface area contributed by atoms with Crippen LogP contribution in [0, 0.1) is 11.6 Å². The Morgan fingerprint density at radius 2 is 1.93 bits per heavy atom. The SMILES string of the molecule is CC(C)c1cc(N=C=S)c(F)cc1F. The first-order valence-electron chi connectivity index (χ1n) is 4.13. The van der Waals surface area contributed by atoms with Gasteiger partial charge in [0.05, 0.1) is 5.16 Å². The smallest absolute Gasteiger partial charge is 0.152 e. The Morgan fingerprint density at radius 1 is 1.29 bits per heavy atom. The third-order valence-electron chi connectivity index (χ3n) is 1.85. The van der Waals surface area contributed by atoms with Gasteiger partial charge < -0.3 is 0 Å². The van der Waals surface area contributed by atoms with Gasteiger partial charge in [0.25, 0.3) is 0 Å². The molecule has 0 amide bonds.